The van der Waals surface area contributed by atoms with Crippen molar-refractivity contribution in [2.75, 3.05) is 26.4 Å². The summed E-state index contributed by atoms with van der Waals surface area (Å²) in [6, 6.07) is 0. The van der Waals surface area contributed by atoms with Gasteiger partial charge < -0.3 is 24.6 Å². The van der Waals surface area contributed by atoms with Crippen LogP contribution >= 0.6 is 7.82 Å². The third kappa shape index (κ3) is 34.9. The number of phosphoric acid groups is 1. The molecule has 10 nitrogen and oxygen atoms in total. The number of allylic oxidation sites excluding steroid dienone is 4. The van der Waals surface area contributed by atoms with Crippen molar-refractivity contribution in [2.45, 2.75) is 187 Å². The molecule has 0 heterocycles. The van der Waals surface area contributed by atoms with Crippen LogP contribution < -0.4 is 0 Å². The summed E-state index contributed by atoms with van der Waals surface area (Å²) in [7, 11) is -4.61. The van der Waals surface area contributed by atoms with Gasteiger partial charge in [0.15, 0.2) is 6.10 Å². The quantitative estimate of drug-likeness (QED) is 0.0244. The van der Waals surface area contributed by atoms with Gasteiger partial charge in [0.1, 0.15) is 12.7 Å². The Morgan fingerprint density at radius 2 is 0.980 bits per heavy atom. The highest BCUT2D eigenvalue weighted by Gasteiger charge is 2.27. The van der Waals surface area contributed by atoms with Crippen LogP contribution in [0.4, 0.5) is 0 Å². The largest absolute Gasteiger partial charge is 0.472 e. The van der Waals surface area contributed by atoms with Crippen molar-refractivity contribution >= 4 is 19.8 Å². The van der Waals surface area contributed by atoms with Gasteiger partial charge in [0, 0.05) is 12.8 Å². The summed E-state index contributed by atoms with van der Waals surface area (Å²) in [6.45, 7) is 2.32. The first-order chi connectivity index (χ1) is 24.2. The highest BCUT2D eigenvalue weighted by Crippen LogP contribution is 2.43. The van der Waals surface area contributed by atoms with Crippen molar-refractivity contribution in [3.8, 4) is 0 Å². The fraction of sp³-hybridized carbons (Fsp3) is 0.846. The summed E-state index contributed by atoms with van der Waals surface area (Å²) < 4.78 is 32.6. The molecule has 0 amide bonds. The number of hydrogen-bond acceptors (Lipinski definition) is 9. The van der Waals surface area contributed by atoms with E-state index in [1.54, 1.807) is 0 Å². The van der Waals surface area contributed by atoms with E-state index in [1.165, 1.54) is 64.2 Å². The molecule has 0 aliphatic carbocycles. The topological polar surface area (TPSA) is 149 Å². The normalized spacial score (nSPS) is 14.3. The smallest absolute Gasteiger partial charge is 0.462 e. The van der Waals surface area contributed by atoms with E-state index in [1.807, 2.05) is 0 Å². The van der Waals surface area contributed by atoms with E-state index >= 15 is 0 Å². The third-order valence-electron chi connectivity index (χ3n) is 8.33. The first kappa shape index (κ1) is 48.5. The lowest BCUT2D eigenvalue weighted by Crippen LogP contribution is -2.29. The molecule has 0 bridgehead atoms. The first-order valence-electron chi connectivity index (χ1n) is 19.8. The number of phosphoric ester groups is 1. The van der Waals surface area contributed by atoms with Crippen LogP contribution in [0.3, 0.4) is 0 Å². The number of rotatable bonds is 37. The highest BCUT2D eigenvalue weighted by molar-refractivity contribution is 7.47. The molecular formula is C39H73O10P. The van der Waals surface area contributed by atoms with E-state index in [9.17, 15) is 24.2 Å². The second-order valence-corrected chi connectivity index (χ2v) is 14.8. The van der Waals surface area contributed by atoms with Gasteiger partial charge in [-0.2, -0.15) is 0 Å². The maximum atomic E-state index is 12.5. The van der Waals surface area contributed by atoms with Gasteiger partial charge in [-0.3, -0.25) is 18.6 Å². The molecule has 0 aliphatic rings. The Hall–Kier alpha value is -1.55. The lowest BCUT2D eigenvalue weighted by atomic mass is 10.1. The van der Waals surface area contributed by atoms with Gasteiger partial charge in [0.25, 0.3) is 0 Å². The van der Waals surface area contributed by atoms with Crippen LogP contribution in [0.2, 0.25) is 0 Å². The van der Waals surface area contributed by atoms with E-state index < -0.39 is 51.8 Å². The average molecular weight is 733 g/mol. The minimum atomic E-state index is -4.61. The molecule has 3 N–H and O–H groups in total. The Morgan fingerprint density at radius 1 is 0.580 bits per heavy atom. The zero-order valence-electron chi connectivity index (χ0n) is 31.6. The molecule has 11 heteroatoms. The molecule has 0 aromatic carbocycles. The Balaban J connectivity index is 4.36. The van der Waals surface area contributed by atoms with Gasteiger partial charge >= 0.3 is 19.8 Å². The molecule has 0 saturated heterocycles. The zero-order chi connectivity index (χ0) is 37.0. The zero-order valence-corrected chi connectivity index (χ0v) is 32.5. The van der Waals surface area contributed by atoms with E-state index in [2.05, 4.69) is 42.7 Å². The monoisotopic (exact) mass is 732 g/mol. The van der Waals surface area contributed by atoms with Gasteiger partial charge in [0.05, 0.1) is 19.8 Å². The standard InChI is InChI=1S/C39H73O10P/c1-3-5-7-9-11-13-15-17-18-19-21-22-24-26-28-30-38(42)46-34-37(35-48-50(44,45)47-33-36(41)32-40)49-39(43)31-29-27-25-23-20-16-14-12-10-8-6-4-2/h12,14,17-18,36-37,40-41H,3-11,13,15-16,19-35H2,1-2H3,(H,44,45)/b14-12+,18-17+/t36-,37+/m0/s1. The maximum absolute atomic E-state index is 12.5. The predicted octanol–water partition coefficient (Wildman–Crippen LogP) is 9.83. The van der Waals surface area contributed by atoms with Crippen LogP contribution in [-0.2, 0) is 32.7 Å². The third-order valence-corrected chi connectivity index (χ3v) is 9.28. The fourth-order valence-corrected chi connectivity index (χ4v) is 6.01. The molecule has 0 saturated carbocycles. The molecule has 50 heavy (non-hydrogen) atoms. The number of ether oxygens (including phenoxy) is 2. The van der Waals surface area contributed by atoms with Crippen molar-refractivity contribution in [1.29, 1.82) is 0 Å². The van der Waals surface area contributed by atoms with Gasteiger partial charge in [0.2, 0.25) is 0 Å². The van der Waals surface area contributed by atoms with Crippen molar-refractivity contribution in [2.24, 2.45) is 0 Å². The molecule has 3 atom stereocenters. The van der Waals surface area contributed by atoms with Gasteiger partial charge in [-0.15, -0.1) is 0 Å². The van der Waals surface area contributed by atoms with E-state index in [-0.39, 0.29) is 19.4 Å². The molecular weight excluding hydrogens is 659 g/mol. The Morgan fingerprint density at radius 3 is 1.48 bits per heavy atom. The van der Waals surface area contributed by atoms with Crippen molar-refractivity contribution in [3.05, 3.63) is 24.3 Å². The predicted molar refractivity (Wildman–Crippen MR) is 201 cm³/mol. The van der Waals surface area contributed by atoms with Crippen molar-refractivity contribution in [3.63, 3.8) is 0 Å². The van der Waals surface area contributed by atoms with E-state index in [0.717, 1.165) is 70.6 Å². The molecule has 0 aliphatic heterocycles. The lowest BCUT2D eigenvalue weighted by Gasteiger charge is -2.20. The number of aliphatic hydroxyl groups excluding tert-OH is 2. The van der Waals surface area contributed by atoms with Crippen LogP contribution in [0.1, 0.15) is 174 Å². The fourth-order valence-electron chi connectivity index (χ4n) is 5.22. The van der Waals surface area contributed by atoms with E-state index in [4.69, 9.17) is 19.1 Å². The Labute approximate surface area is 304 Å². The minimum absolute atomic E-state index is 0.173. The number of unbranched alkanes of at least 4 members (excludes halogenated alkanes) is 19. The van der Waals surface area contributed by atoms with Gasteiger partial charge in [-0.05, 0) is 64.2 Å². The summed E-state index contributed by atoms with van der Waals surface area (Å²) in [5.41, 5.74) is 0. The summed E-state index contributed by atoms with van der Waals surface area (Å²) in [6.07, 6.45) is 32.9. The number of hydrogen-bond donors (Lipinski definition) is 3. The number of esters is 2. The summed E-state index contributed by atoms with van der Waals surface area (Å²) >= 11 is 0. The molecule has 0 fully saturated rings. The molecule has 0 aromatic heterocycles. The van der Waals surface area contributed by atoms with Gasteiger partial charge in [-0.1, -0.05) is 122 Å². The van der Waals surface area contributed by atoms with Crippen LogP contribution in [0.25, 0.3) is 0 Å². The van der Waals surface area contributed by atoms with Gasteiger partial charge in [-0.25, -0.2) is 4.57 Å². The van der Waals surface area contributed by atoms with Crippen LogP contribution in [-0.4, -0.2) is 65.7 Å². The Kier molecular flexibility index (Phi) is 34.7. The molecule has 294 valence electrons. The number of carbonyl (C=O) groups excluding carboxylic acids is 2. The first-order valence-corrected chi connectivity index (χ1v) is 21.3. The van der Waals surface area contributed by atoms with Crippen LogP contribution in [0.5, 0.6) is 0 Å². The highest BCUT2D eigenvalue weighted by atomic mass is 31.2. The summed E-state index contributed by atoms with van der Waals surface area (Å²) in [5.74, 6) is -0.944. The van der Waals surface area contributed by atoms with Crippen molar-refractivity contribution < 1.29 is 47.8 Å². The summed E-state index contributed by atoms with van der Waals surface area (Å²) in [4.78, 5) is 34.8. The summed E-state index contributed by atoms with van der Waals surface area (Å²) in [5, 5.41) is 18.3. The SMILES string of the molecule is CCCCC/C=C/CCCCCCCC(=O)O[C@H](COC(=O)CCCCCCC/C=C/CCCCCCCC)COP(=O)(O)OC[C@@H](O)CO. The second kappa shape index (κ2) is 35.8. The van der Waals surface area contributed by atoms with Crippen LogP contribution in [0, 0.1) is 0 Å². The second-order valence-electron chi connectivity index (χ2n) is 13.3. The molecule has 0 rings (SSSR count). The minimum Gasteiger partial charge on any atom is -0.462 e. The van der Waals surface area contributed by atoms with Crippen LogP contribution in [0.15, 0.2) is 24.3 Å². The van der Waals surface area contributed by atoms with E-state index in [0.29, 0.717) is 12.8 Å². The van der Waals surface area contributed by atoms with Crippen molar-refractivity contribution in [1.82, 2.24) is 0 Å². The Bertz CT molecular complexity index is 894. The lowest BCUT2D eigenvalue weighted by molar-refractivity contribution is -0.161. The molecule has 0 aromatic rings. The number of carbonyl (C=O) groups is 2. The number of aliphatic hydroxyl groups is 2. The molecule has 0 radical (unpaired) electrons. The maximum Gasteiger partial charge on any atom is 0.472 e. The average Bonchev–Trinajstić information content (AvgIpc) is 3.10. The molecule has 0 spiro atoms. The molecule has 1 unspecified atom stereocenters.